The molecule has 0 aliphatic rings. The molecule has 0 heterocycles. The smallest absolute Gasteiger partial charge is 0.326 e. The zero-order valence-corrected chi connectivity index (χ0v) is 10.0. The van der Waals surface area contributed by atoms with E-state index in [4.69, 9.17) is 10.8 Å². The van der Waals surface area contributed by atoms with Crippen LogP contribution in [0.4, 0.5) is 0 Å². The lowest BCUT2D eigenvalue weighted by Crippen LogP contribution is -2.41. The Bertz CT molecular complexity index is 229. The van der Waals surface area contributed by atoms with Crippen LogP contribution < -0.4 is 11.1 Å². The van der Waals surface area contributed by atoms with Gasteiger partial charge in [0.1, 0.15) is 6.04 Å². The predicted molar refractivity (Wildman–Crippen MR) is 61.9 cm³/mol. The fraction of sp³-hybridized carbons (Fsp3) is 0.818. The highest BCUT2D eigenvalue weighted by atomic mass is 16.4. The fourth-order valence-electron chi connectivity index (χ4n) is 1.37. The van der Waals surface area contributed by atoms with Gasteiger partial charge in [0.15, 0.2) is 0 Å². The molecule has 0 aromatic rings. The first-order valence-corrected chi connectivity index (χ1v) is 5.69. The van der Waals surface area contributed by atoms with Crippen LogP contribution in [0.25, 0.3) is 0 Å². The van der Waals surface area contributed by atoms with Gasteiger partial charge in [0, 0.05) is 6.42 Å². The van der Waals surface area contributed by atoms with Crippen LogP contribution in [0.15, 0.2) is 0 Å². The number of nitrogens with one attached hydrogen (secondary N) is 1. The Morgan fingerprint density at radius 2 is 1.94 bits per heavy atom. The van der Waals surface area contributed by atoms with Crippen molar-refractivity contribution in [1.82, 2.24) is 5.32 Å². The van der Waals surface area contributed by atoms with Crippen molar-refractivity contribution in [3.8, 4) is 0 Å². The highest BCUT2D eigenvalue weighted by molar-refractivity contribution is 5.83. The van der Waals surface area contributed by atoms with Crippen LogP contribution in [0.3, 0.4) is 0 Å². The van der Waals surface area contributed by atoms with Crippen LogP contribution in [0.1, 0.15) is 39.5 Å². The van der Waals surface area contributed by atoms with E-state index in [2.05, 4.69) is 5.32 Å². The van der Waals surface area contributed by atoms with Crippen molar-refractivity contribution in [3.05, 3.63) is 0 Å². The number of amides is 1. The Balaban J connectivity index is 4.02. The number of aliphatic carboxylic acids is 1. The second-order valence-corrected chi connectivity index (χ2v) is 4.34. The van der Waals surface area contributed by atoms with E-state index in [9.17, 15) is 9.59 Å². The highest BCUT2D eigenvalue weighted by Gasteiger charge is 2.19. The van der Waals surface area contributed by atoms with Crippen LogP contribution in [0, 0.1) is 5.92 Å². The van der Waals surface area contributed by atoms with Crippen LogP contribution in [-0.2, 0) is 9.59 Å². The first-order chi connectivity index (χ1) is 7.47. The van der Waals surface area contributed by atoms with Crippen molar-refractivity contribution in [3.63, 3.8) is 0 Å². The molecule has 0 spiro atoms. The van der Waals surface area contributed by atoms with Gasteiger partial charge in [0.05, 0.1) is 0 Å². The number of carboxylic acid groups (broad SMARTS) is 1. The van der Waals surface area contributed by atoms with E-state index in [1.165, 1.54) is 0 Å². The van der Waals surface area contributed by atoms with E-state index in [1.54, 1.807) is 0 Å². The molecule has 5 nitrogen and oxygen atoms in total. The van der Waals surface area contributed by atoms with Crippen molar-refractivity contribution in [2.75, 3.05) is 6.54 Å². The molecule has 94 valence electrons. The highest BCUT2D eigenvalue weighted by Crippen LogP contribution is 2.03. The molecule has 5 heteroatoms. The van der Waals surface area contributed by atoms with E-state index in [0.717, 1.165) is 12.8 Å². The Morgan fingerprint density at radius 1 is 1.31 bits per heavy atom. The molecule has 0 aliphatic heterocycles. The van der Waals surface area contributed by atoms with E-state index < -0.39 is 12.0 Å². The average Bonchev–Trinajstić information content (AvgIpc) is 2.15. The minimum atomic E-state index is -0.978. The van der Waals surface area contributed by atoms with Gasteiger partial charge in [-0.3, -0.25) is 4.79 Å². The van der Waals surface area contributed by atoms with E-state index in [0.29, 0.717) is 19.4 Å². The van der Waals surface area contributed by atoms with Gasteiger partial charge in [-0.25, -0.2) is 4.79 Å². The Kier molecular flexibility index (Phi) is 7.54. The summed E-state index contributed by atoms with van der Waals surface area (Å²) >= 11 is 0. The number of unbranched alkanes of at least 4 members (excludes halogenated alkanes) is 1. The van der Waals surface area contributed by atoms with E-state index >= 15 is 0 Å². The number of hydrogen-bond donors (Lipinski definition) is 3. The van der Waals surface area contributed by atoms with E-state index in [1.807, 2.05) is 13.8 Å². The Hall–Kier alpha value is -1.10. The number of hydrogen-bond acceptors (Lipinski definition) is 3. The van der Waals surface area contributed by atoms with Crippen LogP contribution in [0.5, 0.6) is 0 Å². The normalized spacial score (nSPS) is 12.5. The summed E-state index contributed by atoms with van der Waals surface area (Å²) in [5.74, 6) is -0.942. The van der Waals surface area contributed by atoms with Crippen LogP contribution >= 0.6 is 0 Å². The molecule has 0 radical (unpaired) electrons. The SMILES string of the molecule is CC(C)CC(=O)N[C@@H](CCCCN)C(=O)O. The molecular weight excluding hydrogens is 208 g/mol. The van der Waals surface area contributed by atoms with Crippen molar-refractivity contribution >= 4 is 11.9 Å². The molecule has 0 rings (SSSR count). The van der Waals surface area contributed by atoms with Gasteiger partial charge in [-0.1, -0.05) is 13.8 Å². The number of nitrogens with two attached hydrogens (primary N) is 1. The summed E-state index contributed by atoms with van der Waals surface area (Å²) in [6.07, 6.45) is 2.30. The first-order valence-electron chi connectivity index (χ1n) is 5.69. The minimum absolute atomic E-state index is 0.199. The second-order valence-electron chi connectivity index (χ2n) is 4.34. The molecule has 0 aromatic heterocycles. The molecule has 0 aromatic carbocycles. The third-order valence-electron chi connectivity index (χ3n) is 2.17. The zero-order valence-electron chi connectivity index (χ0n) is 10.0. The van der Waals surface area contributed by atoms with Crippen molar-refractivity contribution in [2.45, 2.75) is 45.6 Å². The molecule has 4 N–H and O–H groups in total. The number of carbonyl (C=O) groups excluding carboxylic acids is 1. The largest absolute Gasteiger partial charge is 0.480 e. The molecule has 16 heavy (non-hydrogen) atoms. The first kappa shape index (κ1) is 14.9. The molecular formula is C11H22N2O3. The summed E-state index contributed by atoms with van der Waals surface area (Å²) in [7, 11) is 0. The maximum atomic E-state index is 11.4. The van der Waals surface area contributed by atoms with Crippen LogP contribution in [-0.4, -0.2) is 29.6 Å². The lowest BCUT2D eigenvalue weighted by Gasteiger charge is -2.15. The Morgan fingerprint density at radius 3 is 2.38 bits per heavy atom. The monoisotopic (exact) mass is 230 g/mol. The van der Waals surface area contributed by atoms with Gasteiger partial charge in [0.25, 0.3) is 0 Å². The third kappa shape index (κ3) is 7.23. The number of rotatable bonds is 8. The van der Waals surface area contributed by atoms with Gasteiger partial charge in [-0.2, -0.15) is 0 Å². The quantitative estimate of drug-likeness (QED) is 0.536. The molecule has 0 fully saturated rings. The number of carboxylic acids is 1. The summed E-state index contributed by atoms with van der Waals surface area (Å²) < 4.78 is 0. The summed E-state index contributed by atoms with van der Waals surface area (Å²) in [5, 5.41) is 11.4. The zero-order chi connectivity index (χ0) is 12.6. The molecule has 0 bridgehead atoms. The molecule has 1 atom stereocenters. The number of carbonyl (C=O) groups is 2. The fourth-order valence-corrected chi connectivity index (χ4v) is 1.37. The maximum Gasteiger partial charge on any atom is 0.326 e. The standard InChI is InChI=1S/C11H22N2O3/c1-8(2)7-10(14)13-9(11(15)16)5-3-4-6-12/h8-9H,3-7,12H2,1-2H3,(H,13,14)(H,15,16)/t9-/m0/s1. The van der Waals surface area contributed by atoms with Gasteiger partial charge < -0.3 is 16.2 Å². The average molecular weight is 230 g/mol. The van der Waals surface area contributed by atoms with Crippen molar-refractivity contribution in [2.24, 2.45) is 11.7 Å². The molecule has 0 saturated carbocycles. The second kappa shape index (κ2) is 8.10. The minimum Gasteiger partial charge on any atom is -0.480 e. The topological polar surface area (TPSA) is 92.4 Å². The van der Waals surface area contributed by atoms with E-state index in [-0.39, 0.29) is 11.8 Å². The van der Waals surface area contributed by atoms with Gasteiger partial charge >= 0.3 is 5.97 Å². The lowest BCUT2D eigenvalue weighted by atomic mass is 10.1. The summed E-state index contributed by atoms with van der Waals surface area (Å²) in [6.45, 7) is 4.39. The molecule has 0 saturated heterocycles. The molecule has 1 amide bonds. The predicted octanol–water partition coefficient (Wildman–Crippen LogP) is 0.731. The summed E-state index contributed by atoms with van der Waals surface area (Å²) in [6, 6.07) is -0.780. The van der Waals surface area contributed by atoms with Crippen molar-refractivity contribution in [1.29, 1.82) is 0 Å². The van der Waals surface area contributed by atoms with Crippen molar-refractivity contribution < 1.29 is 14.7 Å². The Labute approximate surface area is 96.4 Å². The van der Waals surface area contributed by atoms with Gasteiger partial charge in [-0.15, -0.1) is 0 Å². The molecule has 0 aliphatic carbocycles. The summed E-state index contributed by atoms with van der Waals surface area (Å²) in [4.78, 5) is 22.3. The van der Waals surface area contributed by atoms with Crippen LogP contribution in [0.2, 0.25) is 0 Å². The molecule has 0 unspecified atom stereocenters. The third-order valence-corrected chi connectivity index (χ3v) is 2.17. The lowest BCUT2D eigenvalue weighted by molar-refractivity contribution is -0.142. The van der Waals surface area contributed by atoms with Gasteiger partial charge in [-0.05, 0) is 31.7 Å². The summed E-state index contributed by atoms with van der Waals surface area (Å²) in [5.41, 5.74) is 5.32. The van der Waals surface area contributed by atoms with Gasteiger partial charge in [0.2, 0.25) is 5.91 Å². The maximum absolute atomic E-state index is 11.4.